The van der Waals surface area contributed by atoms with Crippen molar-refractivity contribution in [3.63, 3.8) is 0 Å². The van der Waals surface area contributed by atoms with E-state index in [4.69, 9.17) is 0 Å². The Balaban J connectivity index is 0.834. The standard InChI is InChI=1S/C58H68N4/c1-5-15-39(16-6-1)43-27-32-56-50(35-43)51-37-45(44-28-33-55-49(36-44)48-23-13-14-24-54(48)61(55)46-21-11-4-12-22-46)29-34-57(51)62(56)47-30-25-41(26-31-47)53-38-52(40-17-7-2-8-18-40)59-58(60-53)42-19-9-3-10-20-42/h2,4-5,7-9,11,14-15,17,19-21,24-25,28-30,34-36,39-40,43,45,48,52-56,58-60H,1,3,6,10,12-13,16,18,22-23,26-27,31-33,37-38H2. The summed E-state index contributed by atoms with van der Waals surface area (Å²) in [7, 11) is 0. The first-order valence-electron chi connectivity index (χ1n) is 25.2. The minimum absolute atomic E-state index is 0.204. The SMILES string of the molecule is C1=CCCC(N2C3CC=C(C4C=CC5=C(C4)C4=CC(C6C=CCCC6)CCC4N5C4=CC=C(C5CC(C6C=CC=CC6)NC(C6=CCCC=C6)N5)CC4)C=C3C3CCC=CC32)=C1. The summed E-state index contributed by atoms with van der Waals surface area (Å²) in [5.41, 5.74) is 14.2. The average Bonchev–Trinajstić information content (AvgIpc) is 3.87. The number of likely N-dealkylation sites (tertiary alicyclic amines) is 1. The van der Waals surface area contributed by atoms with Crippen LogP contribution in [0.15, 0.2) is 178 Å². The number of hydrogen-bond acceptors (Lipinski definition) is 4. The van der Waals surface area contributed by atoms with Crippen molar-refractivity contribution in [3.8, 4) is 0 Å². The van der Waals surface area contributed by atoms with Crippen LogP contribution in [0.3, 0.4) is 0 Å². The normalized spacial score (nSPS) is 38.3. The molecule has 11 atom stereocenters. The third kappa shape index (κ3) is 7.22. The molecule has 0 aromatic rings. The maximum absolute atomic E-state index is 4.12. The van der Waals surface area contributed by atoms with Crippen molar-refractivity contribution in [1.82, 2.24) is 20.4 Å². The molecule has 0 spiro atoms. The molecular weight excluding hydrogens is 753 g/mol. The van der Waals surface area contributed by atoms with Gasteiger partial charge in [-0.3, -0.25) is 10.6 Å². The molecule has 2 fully saturated rings. The average molecular weight is 821 g/mol. The van der Waals surface area contributed by atoms with Gasteiger partial charge in [-0.2, -0.15) is 0 Å². The van der Waals surface area contributed by atoms with Gasteiger partial charge >= 0.3 is 0 Å². The lowest BCUT2D eigenvalue weighted by atomic mass is 9.73. The highest BCUT2D eigenvalue weighted by molar-refractivity contribution is 5.57. The maximum Gasteiger partial charge on any atom is 0.0839 e. The van der Waals surface area contributed by atoms with Crippen LogP contribution in [-0.2, 0) is 0 Å². The fraction of sp³-hybridized carbons (Fsp3) is 0.483. The number of rotatable bonds is 7. The first-order valence-corrected chi connectivity index (χ1v) is 25.2. The Bertz CT molecular complexity index is 2290. The van der Waals surface area contributed by atoms with E-state index in [0.717, 1.165) is 51.4 Å². The van der Waals surface area contributed by atoms with Crippen LogP contribution in [0, 0.1) is 29.6 Å². The molecule has 11 unspecified atom stereocenters. The van der Waals surface area contributed by atoms with Gasteiger partial charge in [-0.05, 0) is 173 Å². The lowest BCUT2D eigenvalue weighted by molar-refractivity contribution is 0.243. The van der Waals surface area contributed by atoms with Crippen molar-refractivity contribution >= 4 is 0 Å². The maximum atomic E-state index is 4.12. The molecule has 3 heterocycles. The van der Waals surface area contributed by atoms with E-state index in [1.807, 2.05) is 0 Å². The fourth-order valence-electron chi connectivity index (χ4n) is 13.9. The van der Waals surface area contributed by atoms with Crippen molar-refractivity contribution in [3.05, 3.63) is 178 Å². The minimum Gasteiger partial charge on any atom is -0.361 e. The summed E-state index contributed by atoms with van der Waals surface area (Å²) in [6.07, 6.45) is 72.7. The van der Waals surface area contributed by atoms with E-state index < -0.39 is 0 Å². The first-order chi connectivity index (χ1) is 30.7. The molecule has 0 saturated carbocycles. The predicted molar refractivity (Wildman–Crippen MR) is 256 cm³/mol. The van der Waals surface area contributed by atoms with Crippen LogP contribution < -0.4 is 10.6 Å². The fourth-order valence-corrected chi connectivity index (χ4v) is 13.9. The molecule has 320 valence electrons. The highest BCUT2D eigenvalue weighted by Crippen LogP contribution is 2.53. The van der Waals surface area contributed by atoms with Gasteiger partial charge in [0, 0.05) is 41.0 Å². The van der Waals surface area contributed by atoms with Gasteiger partial charge in [-0.25, -0.2) is 0 Å². The monoisotopic (exact) mass is 821 g/mol. The highest BCUT2D eigenvalue weighted by Gasteiger charge is 2.47. The third-order valence-corrected chi connectivity index (χ3v) is 17.1. The van der Waals surface area contributed by atoms with E-state index in [2.05, 4.69) is 148 Å². The zero-order valence-electron chi connectivity index (χ0n) is 36.9. The summed E-state index contributed by atoms with van der Waals surface area (Å²) in [4.78, 5) is 5.68. The van der Waals surface area contributed by atoms with Crippen LogP contribution in [0.25, 0.3) is 0 Å². The number of fused-ring (bicyclic) bond motifs is 5. The van der Waals surface area contributed by atoms with Crippen molar-refractivity contribution in [1.29, 1.82) is 0 Å². The smallest absolute Gasteiger partial charge is 0.0839 e. The molecule has 4 nitrogen and oxygen atoms in total. The Morgan fingerprint density at radius 1 is 0.629 bits per heavy atom. The van der Waals surface area contributed by atoms with E-state index in [0.29, 0.717) is 59.8 Å². The van der Waals surface area contributed by atoms with Crippen molar-refractivity contribution in [2.24, 2.45) is 29.6 Å². The lowest BCUT2D eigenvalue weighted by Gasteiger charge is -2.43. The molecule has 12 rings (SSSR count). The second-order valence-electron chi connectivity index (χ2n) is 20.5. The van der Waals surface area contributed by atoms with Crippen molar-refractivity contribution in [2.45, 2.75) is 146 Å². The third-order valence-electron chi connectivity index (χ3n) is 17.1. The van der Waals surface area contributed by atoms with Gasteiger partial charge in [0.2, 0.25) is 0 Å². The molecule has 0 bridgehead atoms. The van der Waals surface area contributed by atoms with Gasteiger partial charge in [0.25, 0.3) is 0 Å². The van der Waals surface area contributed by atoms with E-state index >= 15 is 0 Å². The molecule has 0 radical (unpaired) electrons. The quantitative estimate of drug-likeness (QED) is 0.251. The topological polar surface area (TPSA) is 30.5 Å². The van der Waals surface area contributed by atoms with Gasteiger partial charge in [0.1, 0.15) is 0 Å². The van der Waals surface area contributed by atoms with Crippen LogP contribution in [0.1, 0.15) is 109 Å². The van der Waals surface area contributed by atoms with E-state index in [9.17, 15) is 0 Å². The first kappa shape index (κ1) is 39.2. The number of hydrogen-bond donors (Lipinski definition) is 2. The van der Waals surface area contributed by atoms with Gasteiger partial charge < -0.3 is 9.80 Å². The molecule has 12 aliphatic rings. The lowest BCUT2D eigenvalue weighted by Crippen LogP contribution is -2.61. The van der Waals surface area contributed by atoms with Crippen LogP contribution in [0.2, 0.25) is 0 Å². The molecule has 62 heavy (non-hydrogen) atoms. The predicted octanol–water partition coefficient (Wildman–Crippen LogP) is 12.4. The van der Waals surface area contributed by atoms with Crippen LogP contribution in [0.5, 0.6) is 0 Å². The van der Waals surface area contributed by atoms with Crippen LogP contribution in [0.4, 0.5) is 0 Å². The Hall–Kier alpha value is -4.38. The summed E-state index contributed by atoms with van der Waals surface area (Å²) >= 11 is 0. The molecule has 2 N–H and O–H groups in total. The molecule has 0 amide bonds. The summed E-state index contributed by atoms with van der Waals surface area (Å²) in [5, 5.41) is 8.18. The zero-order chi connectivity index (χ0) is 41.0. The van der Waals surface area contributed by atoms with Crippen LogP contribution in [-0.4, -0.2) is 46.2 Å². The summed E-state index contributed by atoms with van der Waals surface area (Å²) in [6.45, 7) is 0. The minimum atomic E-state index is 0.204. The Morgan fingerprint density at radius 3 is 2.45 bits per heavy atom. The molecule has 4 heteroatoms. The Kier molecular flexibility index (Phi) is 10.7. The Labute approximate surface area is 372 Å². The Morgan fingerprint density at radius 2 is 1.61 bits per heavy atom. The number of nitrogens with zero attached hydrogens (tertiary/aromatic N) is 2. The largest absolute Gasteiger partial charge is 0.361 e. The van der Waals surface area contributed by atoms with Crippen molar-refractivity contribution < 1.29 is 0 Å². The second kappa shape index (κ2) is 17.0. The van der Waals surface area contributed by atoms with Gasteiger partial charge in [0.05, 0.1) is 24.3 Å². The van der Waals surface area contributed by atoms with Gasteiger partial charge in [-0.1, -0.05) is 115 Å². The molecule has 2 saturated heterocycles. The zero-order valence-corrected chi connectivity index (χ0v) is 36.9. The number of allylic oxidation sites excluding steroid dienone is 20. The summed E-state index contributed by atoms with van der Waals surface area (Å²) in [5.74, 6) is 3.01. The highest BCUT2D eigenvalue weighted by atomic mass is 15.2. The summed E-state index contributed by atoms with van der Waals surface area (Å²) in [6, 6.07) is 2.36. The molecule has 9 aliphatic carbocycles. The summed E-state index contributed by atoms with van der Waals surface area (Å²) < 4.78 is 0. The second-order valence-corrected chi connectivity index (χ2v) is 20.5. The van der Waals surface area contributed by atoms with Gasteiger partial charge in [0.15, 0.2) is 0 Å². The molecular formula is C58H68N4. The van der Waals surface area contributed by atoms with E-state index in [1.54, 1.807) is 33.6 Å². The van der Waals surface area contributed by atoms with Crippen molar-refractivity contribution in [2.75, 3.05) is 0 Å². The molecule has 3 aliphatic heterocycles. The van der Waals surface area contributed by atoms with Gasteiger partial charge in [-0.15, -0.1) is 0 Å². The molecule has 0 aromatic heterocycles. The molecule has 0 aromatic carbocycles. The van der Waals surface area contributed by atoms with E-state index in [-0.39, 0.29) is 6.17 Å². The number of nitrogens with one attached hydrogen (secondary N) is 2. The van der Waals surface area contributed by atoms with Crippen LogP contribution >= 0.6 is 0 Å². The van der Waals surface area contributed by atoms with E-state index in [1.165, 1.54) is 74.8 Å².